The van der Waals surface area contributed by atoms with Crippen LogP contribution < -0.4 is 5.32 Å². The molecule has 3 heteroatoms. The minimum atomic E-state index is 0.188. The van der Waals surface area contributed by atoms with Crippen molar-refractivity contribution in [2.24, 2.45) is 5.41 Å². The number of benzene rings is 1. The van der Waals surface area contributed by atoms with Crippen LogP contribution in [-0.2, 0) is 0 Å². The molecule has 0 saturated carbocycles. The van der Waals surface area contributed by atoms with Crippen LogP contribution in [0.3, 0.4) is 0 Å². The Labute approximate surface area is 115 Å². The van der Waals surface area contributed by atoms with Crippen LogP contribution in [0.4, 0.5) is 0 Å². The molecular weight excluding hydrogens is 253 g/mol. The number of rotatable bonds is 5. The van der Waals surface area contributed by atoms with Crippen molar-refractivity contribution in [1.29, 1.82) is 0 Å². The van der Waals surface area contributed by atoms with E-state index in [1.54, 1.807) is 0 Å². The van der Waals surface area contributed by atoms with Crippen molar-refractivity contribution < 1.29 is 0 Å². The maximum absolute atomic E-state index is 6.09. The van der Waals surface area contributed by atoms with Gasteiger partial charge in [-0.2, -0.15) is 0 Å². The van der Waals surface area contributed by atoms with E-state index in [0.717, 1.165) is 13.0 Å². The van der Waals surface area contributed by atoms with E-state index >= 15 is 0 Å². The summed E-state index contributed by atoms with van der Waals surface area (Å²) in [6, 6.07) is 6.19. The van der Waals surface area contributed by atoms with Crippen molar-refractivity contribution in [3.05, 3.63) is 33.8 Å². The Balaban J connectivity index is 3.09. The van der Waals surface area contributed by atoms with Gasteiger partial charge in [0, 0.05) is 6.04 Å². The lowest BCUT2D eigenvalue weighted by Gasteiger charge is -2.34. The van der Waals surface area contributed by atoms with E-state index in [1.807, 2.05) is 12.1 Å². The van der Waals surface area contributed by atoms with Crippen molar-refractivity contribution in [3.63, 3.8) is 0 Å². The second-order valence-corrected chi connectivity index (χ2v) is 5.82. The van der Waals surface area contributed by atoms with Crippen molar-refractivity contribution in [1.82, 2.24) is 5.32 Å². The van der Waals surface area contributed by atoms with Crippen LogP contribution in [0.1, 0.15) is 45.7 Å². The minimum Gasteiger partial charge on any atom is -0.310 e. The van der Waals surface area contributed by atoms with Gasteiger partial charge in [0.1, 0.15) is 0 Å². The molecule has 0 saturated heterocycles. The van der Waals surface area contributed by atoms with Crippen LogP contribution in [0, 0.1) is 5.41 Å². The number of hydrogen-bond acceptors (Lipinski definition) is 1. The number of hydrogen-bond donors (Lipinski definition) is 1. The zero-order valence-corrected chi connectivity index (χ0v) is 12.5. The molecule has 0 aliphatic carbocycles. The van der Waals surface area contributed by atoms with Crippen LogP contribution in [0.2, 0.25) is 10.0 Å². The molecule has 0 aromatic heterocycles. The van der Waals surface area contributed by atoms with Gasteiger partial charge in [-0.3, -0.25) is 0 Å². The fourth-order valence-corrected chi connectivity index (χ4v) is 2.25. The van der Waals surface area contributed by atoms with Gasteiger partial charge in [0.15, 0.2) is 0 Å². The first-order chi connectivity index (χ1) is 7.92. The first-order valence-corrected chi connectivity index (χ1v) is 6.86. The summed E-state index contributed by atoms with van der Waals surface area (Å²) in [5, 5.41) is 4.77. The maximum atomic E-state index is 6.09. The predicted octanol–water partition coefficient (Wildman–Crippen LogP) is 5.08. The molecule has 1 atom stereocenters. The van der Waals surface area contributed by atoms with Gasteiger partial charge in [0.2, 0.25) is 0 Å². The average molecular weight is 274 g/mol. The minimum absolute atomic E-state index is 0.188. The summed E-state index contributed by atoms with van der Waals surface area (Å²) >= 11 is 12.0. The Hall–Kier alpha value is -0.240. The van der Waals surface area contributed by atoms with Gasteiger partial charge in [-0.15, -0.1) is 0 Å². The van der Waals surface area contributed by atoms with Crippen LogP contribution >= 0.6 is 23.2 Å². The molecule has 0 fully saturated rings. The van der Waals surface area contributed by atoms with E-state index in [1.165, 1.54) is 5.56 Å². The van der Waals surface area contributed by atoms with Crippen molar-refractivity contribution in [2.45, 2.75) is 40.2 Å². The lowest BCUT2D eigenvalue weighted by atomic mass is 9.78. The molecule has 17 heavy (non-hydrogen) atoms. The fraction of sp³-hybridized carbons (Fsp3) is 0.571. The van der Waals surface area contributed by atoms with Gasteiger partial charge >= 0.3 is 0 Å². The topological polar surface area (TPSA) is 12.0 Å². The number of nitrogens with one attached hydrogen (secondary N) is 1. The summed E-state index contributed by atoms with van der Waals surface area (Å²) < 4.78 is 0. The van der Waals surface area contributed by atoms with E-state index in [0.29, 0.717) is 16.1 Å². The highest BCUT2D eigenvalue weighted by molar-refractivity contribution is 6.42. The summed E-state index contributed by atoms with van der Waals surface area (Å²) in [7, 11) is 0. The molecule has 96 valence electrons. The van der Waals surface area contributed by atoms with Crippen LogP contribution in [0.25, 0.3) is 0 Å². The third-order valence-electron chi connectivity index (χ3n) is 3.38. The first kappa shape index (κ1) is 14.8. The lowest BCUT2D eigenvalue weighted by Crippen LogP contribution is -2.33. The molecule has 0 heterocycles. The highest BCUT2D eigenvalue weighted by atomic mass is 35.5. The fourth-order valence-electron chi connectivity index (χ4n) is 1.95. The summed E-state index contributed by atoms with van der Waals surface area (Å²) in [6.45, 7) is 9.80. The van der Waals surface area contributed by atoms with Crippen LogP contribution in [0.5, 0.6) is 0 Å². The quantitative estimate of drug-likeness (QED) is 0.789. The zero-order valence-electron chi connectivity index (χ0n) is 11.0. The van der Waals surface area contributed by atoms with E-state index < -0.39 is 0 Å². The van der Waals surface area contributed by atoms with E-state index in [4.69, 9.17) is 23.2 Å². The Bertz CT molecular complexity index is 374. The Kier molecular flexibility index (Phi) is 5.30. The molecule has 1 aromatic carbocycles. The van der Waals surface area contributed by atoms with Crippen molar-refractivity contribution >= 4 is 23.2 Å². The van der Waals surface area contributed by atoms with Crippen molar-refractivity contribution in [2.75, 3.05) is 6.54 Å². The highest BCUT2D eigenvalue weighted by Gasteiger charge is 2.28. The molecule has 1 N–H and O–H groups in total. The van der Waals surface area contributed by atoms with E-state index in [-0.39, 0.29) is 5.41 Å². The largest absolute Gasteiger partial charge is 0.310 e. The molecule has 1 nitrogen and oxygen atoms in total. The standard InChI is InChI=1S/C14H21Cl2N/c1-5-14(3,4)13(17-6-2)10-7-8-11(15)12(16)9-10/h7-9,13,17H,5-6H2,1-4H3. The summed E-state index contributed by atoms with van der Waals surface area (Å²) in [5.41, 5.74) is 1.39. The second kappa shape index (κ2) is 6.08. The van der Waals surface area contributed by atoms with Gasteiger partial charge in [-0.05, 0) is 36.1 Å². The molecule has 1 rings (SSSR count). The van der Waals surface area contributed by atoms with E-state index in [2.05, 4.69) is 39.1 Å². The Morgan fingerprint density at radius 2 is 1.82 bits per heavy atom. The lowest BCUT2D eigenvalue weighted by molar-refractivity contribution is 0.237. The molecule has 1 unspecified atom stereocenters. The number of halogens is 2. The average Bonchev–Trinajstić information content (AvgIpc) is 2.29. The van der Waals surface area contributed by atoms with Gasteiger partial charge in [-0.1, -0.05) is 57.0 Å². The molecule has 0 amide bonds. The Morgan fingerprint density at radius 3 is 2.29 bits per heavy atom. The smallest absolute Gasteiger partial charge is 0.0595 e. The van der Waals surface area contributed by atoms with Crippen LogP contribution in [0.15, 0.2) is 18.2 Å². The monoisotopic (exact) mass is 273 g/mol. The van der Waals surface area contributed by atoms with Gasteiger partial charge in [-0.25, -0.2) is 0 Å². The molecule has 0 aliphatic heterocycles. The molecule has 0 radical (unpaired) electrons. The molecule has 0 bridgehead atoms. The van der Waals surface area contributed by atoms with Gasteiger partial charge in [0.25, 0.3) is 0 Å². The highest BCUT2D eigenvalue weighted by Crippen LogP contribution is 2.38. The molecule has 1 aromatic rings. The predicted molar refractivity (Wildman–Crippen MR) is 77.0 cm³/mol. The third kappa shape index (κ3) is 3.61. The second-order valence-electron chi connectivity index (χ2n) is 5.01. The van der Waals surface area contributed by atoms with E-state index in [9.17, 15) is 0 Å². The Morgan fingerprint density at radius 1 is 1.18 bits per heavy atom. The van der Waals surface area contributed by atoms with Crippen molar-refractivity contribution in [3.8, 4) is 0 Å². The molecular formula is C14H21Cl2N. The van der Waals surface area contributed by atoms with Crippen LogP contribution in [-0.4, -0.2) is 6.54 Å². The summed E-state index contributed by atoms with van der Waals surface area (Å²) in [4.78, 5) is 0. The van der Waals surface area contributed by atoms with Gasteiger partial charge in [0.05, 0.1) is 10.0 Å². The zero-order chi connectivity index (χ0) is 13.1. The molecule has 0 aliphatic rings. The molecule has 0 spiro atoms. The first-order valence-electron chi connectivity index (χ1n) is 6.10. The summed E-state index contributed by atoms with van der Waals surface area (Å²) in [6.07, 6.45) is 1.10. The summed E-state index contributed by atoms with van der Waals surface area (Å²) in [5.74, 6) is 0. The SMILES string of the molecule is CCNC(c1ccc(Cl)c(Cl)c1)C(C)(C)CC. The maximum Gasteiger partial charge on any atom is 0.0595 e. The van der Waals surface area contributed by atoms with Gasteiger partial charge < -0.3 is 5.32 Å². The normalized spacial score (nSPS) is 13.8. The third-order valence-corrected chi connectivity index (χ3v) is 4.12.